The first-order chi connectivity index (χ1) is 6.81. The van der Waals surface area contributed by atoms with Crippen LogP contribution in [0.1, 0.15) is 32.3 Å². The predicted octanol–water partition coefficient (Wildman–Crippen LogP) is 4.05. The summed E-state index contributed by atoms with van der Waals surface area (Å²) in [5.74, 6) is 0.745. The highest BCUT2D eigenvalue weighted by Gasteiger charge is 2.16. The SMILES string of the molecule is CCCC(C)C1=Cc2ccccc2[P]1. The monoisotopic (exact) mass is 203 g/mol. The summed E-state index contributed by atoms with van der Waals surface area (Å²) in [6, 6.07) is 8.71. The summed E-state index contributed by atoms with van der Waals surface area (Å²) in [6.45, 7) is 4.60. The van der Waals surface area contributed by atoms with Crippen molar-refractivity contribution in [2.75, 3.05) is 0 Å². The van der Waals surface area contributed by atoms with E-state index in [1.807, 2.05) is 0 Å². The van der Waals surface area contributed by atoms with Gasteiger partial charge in [0.25, 0.3) is 0 Å². The molecule has 1 heteroatoms. The molecule has 0 saturated heterocycles. The lowest BCUT2D eigenvalue weighted by molar-refractivity contribution is 0.628. The Morgan fingerprint density at radius 2 is 2.07 bits per heavy atom. The molecule has 0 saturated carbocycles. The third-order valence-corrected chi connectivity index (χ3v) is 4.19. The van der Waals surface area contributed by atoms with Crippen molar-refractivity contribution >= 4 is 20.0 Å². The van der Waals surface area contributed by atoms with Gasteiger partial charge in [-0.05, 0) is 43.2 Å². The van der Waals surface area contributed by atoms with E-state index in [4.69, 9.17) is 0 Å². The highest BCUT2D eigenvalue weighted by molar-refractivity contribution is 7.53. The Labute approximate surface area is 88.2 Å². The van der Waals surface area contributed by atoms with Crippen molar-refractivity contribution in [3.05, 3.63) is 35.1 Å². The number of allylic oxidation sites excluding steroid dienone is 1. The summed E-state index contributed by atoms with van der Waals surface area (Å²) < 4.78 is 0. The summed E-state index contributed by atoms with van der Waals surface area (Å²) in [7, 11) is 1.43. The molecule has 0 fully saturated rings. The molecule has 14 heavy (non-hydrogen) atoms. The Balaban J connectivity index is 2.15. The third kappa shape index (κ3) is 1.91. The molecule has 0 aromatic heterocycles. The van der Waals surface area contributed by atoms with Crippen LogP contribution in [-0.4, -0.2) is 0 Å². The maximum atomic E-state index is 2.37. The Hall–Kier alpha value is -0.610. The van der Waals surface area contributed by atoms with Gasteiger partial charge >= 0.3 is 0 Å². The van der Waals surface area contributed by atoms with Gasteiger partial charge in [0.1, 0.15) is 0 Å². The van der Waals surface area contributed by atoms with Crippen LogP contribution in [0.25, 0.3) is 6.08 Å². The second kappa shape index (κ2) is 4.28. The number of rotatable bonds is 3. The van der Waals surface area contributed by atoms with E-state index in [2.05, 4.69) is 44.2 Å². The maximum Gasteiger partial charge on any atom is -0.00768 e. The number of fused-ring (bicyclic) bond motifs is 1. The fraction of sp³-hybridized carbons (Fsp3) is 0.385. The highest BCUT2D eigenvalue weighted by Crippen LogP contribution is 2.39. The Bertz CT molecular complexity index is 352. The summed E-state index contributed by atoms with van der Waals surface area (Å²) in [6.07, 6.45) is 4.97. The van der Waals surface area contributed by atoms with Gasteiger partial charge in [0.15, 0.2) is 0 Å². The van der Waals surface area contributed by atoms with E-state index in [0.717, 1.165) is 5.92 Å². The van der Waals surface area contributed by atoms with Gasteiger partial charge in [0, 0.05) is 0 Å². The molecule has 73 valence electrons. The van der Waals surface area contributed by atoms with Crippen LogP contribution in [0.15, 0.2) is 29.6 Å². The standard InChI is InChI=1S/C13H16P/c1-3-6-10(2)13-9-11-7-4-5-8-12(11)14-13/h4-5,7-10H,3,6H2,1-2H3. The van der Waals surface area contributed by atoms with Crippen molar-refractivity contribution in [2.24, 2.45) is 5.92 Å². The van der Waals surface area contributed by atoms with Gasteiger partial charge in [-0.1, -0.05) is 44.5 Å². The number of benzene rings is 1. The molecule has 0 amide bonds. The molecule has 1 aromatic rings. The molecule has 1 unspecified atom stereocenters. The second-order valence-electron chi connectivity index (χ2n) is 3.93. The molecule has 1 atom stereocenters. The molecule has 0 N–H and O–H groups in total. The lowest BCUT2D eigenvalue weighted by Crippen LogP contribution is -1.95. The van der Waals surface area contributed by atoms with E-state index in [1.54, 1.807) is 5.31 Å². The summed E-state index contributed by atoms with van der Waals surface area (Å²) >= 11 is 0. The molecule has 0 nitrogen and oxygen atoms in total. The van der Waals surface area contributed by atoms with Gasteiger partial charge in [-0.3, -0.25) is 0 Å². The summed E-state index contributed by atoms with van der Waals surface area (Å²) in [5, 5.41) is 3.07. The number of hydrogen-bond donors (Lipinski definition) is 0. The first kappa shape index (κ1) is 9.93. The first-order valence-corrected chi connectivity index (χ1v) is 6.23. The van der Waals surface area contributed by atoms with Crippen LogP contribution in [0.4, 0.5) is 0 Å². The molecular formula is C13H16P. The molecule has 2 rings (SSSR count). The van der Waals surface area contributed by atoms with E-state index in [-0.39, 0.29) is 0 Å². The van der Waals surface area contributed by atoms with Crippen molar-refractivity contribution in [1.29, 1.82) is 0 Å². The molecule has 1 aliphatic rings. The van der Waals surface area contributed by atoms with Gasteiger partial charge in [0.2, 0.25) is 0 Å². The number of hydrogen-bond acceptors (Lipinski definition) is 0. The van der Waals surface area contributed by atoms with Crippen LogP contribution in [0.3, 0.4) is 0 Å². The molecule has 1 aliphatic heterocycles. The minimum Gasteiger partial charge on any atom is -0.0654 e. The van der Waals surface area contributed by atoms with Crippen molar-refractivity contribution in [3.63, 3.8) is 0 Å². The van der Waals surface area contributed by atoms with Crippen LogP contribution in [0, 0.1) is 5.92 Å². The lowest BCUT2D eigenvalue weighted by Gasteiger charge is -2.09. The minimum absolute atomic E-state index is 0.745. The van der Waals surface area contributed by atoms with Crippen LogP contribution in [-0.2, 0) is 0 Å². The molecule has 0 bridgehead atoms. The van der Waals surface area contributed by atoms with Gasteiger partial charge in [-0.25, -0.2) is 0 Å². The largest absolute Gasteiger partial charge is 0.0654 e. The molecule has 1 radical (unpaired) electrons. The van der Waals surface area contributed by atoms with Crippen LogP contribution >= 0.6 is 8.58 Å². The smallest absolute Gasteiger partial charge is 0.00768 e. The zero-order valence-corrected chi connectivity index (χ0v) is 9.72. The van der Waals surface area contributed by atoms with Crippen molar-refractivity contribution in [2.45, 2.75) is 26.7 Å². The van der Waals surface area contributed by atoms with Crippen LogP contribution in [0.5, 0.6) is 0 Å². The zero-order chi connectivity index (χ0) is 9.97. The fourth-order valence-electron chi connectivity index (χ4n) is 1.88. The summed E-state index contributed by atoms with van der Waals surface area (Å²) in [5.41, 5.74) is 1.42. The van der Waals surface area contributed by atoms with E-state index >= 15 is 0 Å². The minimum atomic E-state index is 0.745. The molecule has 0 spiro atoms. The zero-order valence-electron chi connectivity index (χ0n) is 8.83. The quantitative estimate of drug-likeness (QED) is 0.650. The average Bonchev–Trinajstić information content (AvgIpc) is 2.61. The van der Waals surface area contributed by atoms with Gasteiger partial charge < -0.3 is 0 Å². The van der Waals surface area contributed by atoms with Crippen LogP contribution < -0.4 is 5.30 Å². The normalized spacial score (nSPS) is 18.0. The van der Waals surface area contributed by atoms with Gasteiger partial charge in [0.05, 0.1) is 0 Å². The second-order valence-corrected chi connectivity index (χ2v) is 5.15. The molecule has 1 heterocycles. The predicted molar refractivity (Wildman–Crippen MR) is 65.0 cm³/mol. The fourth-order valence-corrected chi connectivity index (χ4v) is 3.14. The lowest BCUT2D eigenvalue weighted by atomic mass is 10.0. The molecule has 1 aromatic carbocycles. The summed E-state index contributed by atoms with van der Waals surface area (Å²) in [4.78, 5) is 0. The van der Waals surface area contributed by atoms with E-state index in [1.165, 1.54) is 32.3 Å². The van der Waals surface area contributed by atoms with Crippen molar-refractivity contribution in [1.82, 2.24) is 0 Å². The molecular weight excluding hydrogens is 187 g/mol. The van der Waals surface area contributed by atoms with E-state index in [0.29, 0.717) is 0 Å². The average molecular weight is 203 g/mol. The topological polar surface area (TPSA) is 0 Å². The van der Waals surface area contributed by atoms with Gasteiger partial charge in [-0.2, -0.15) is 0 Å². The Morgan fingerprint density at radius 1 is 1.29 bits per heavy atom. The van der Waals surface area contributed by atoms with Gasteiger partial charge in [-0.15, -0.1) is 0 Å². The Morgan fingerprint density at radius 3 is 2.79 bits per heavy atom. The van der Waals surface area contributed by atoms with E-state index in [9.17, 15) is 0 Å². The maximum absolute atomic E-state index is 2.37. The van der Waals surface area contributed by atoms with Crippen LogP contribution in [0.2, 0.25) is 0 Å². The highest BCUT2D eigenvalue weighted by atomic mass is 31.1. The molecule has 0 aliphatic carbocycles. The van der Waals surface area contributed by atoms with Crippen molar-refractivity contribution < 1.29 is 0 Å². The third-order valence-electron chi connectivity index (χ3n) is 2.72. The van der Waals surface area contributed by atoms with E-state index < -0.39 is 0 Å². The Kier molecular flexibility index (Phi) is 3.03. The van der Waals surface area contributed by atoms with Crippen molar-refractivity contribution in [3.8, 4) is 0 Å². The first-order valence-electron chi connectivity index (χ1n) is 5.33.